The van der Waals surface area contributed by atoms with Crippen molar-refractivity contribution < 1.29 is 16.8 Å². The van der Waals surface area contributed by atoms with Gasteiger partial charge in [-0.2, -0.15) is 10.4 Å². The second kappa shape index (κ2) is 4.34. The first-order chi connectivity index (χ1) is 7.64. The maximum atomic E-state index is 11.5. The number of nitrogens with one attached hydrogen (secondary N) is 1. The standard InChI is InChI=1S/C7H10N4O4S2/c1-11-7(6(3-8)4-9-11)10-17(14,15)5-16(2,12)13/h4,10H,5H2,1-2H3. The summed E-state index contributed by atoms with van der Waals surface area (Å²) in [5.41, 5.74) is 0.0181. The molecule has 0 radical (unpaired) electrons. The average molecular weight is 278 g/mol. The lowest BCUT2D eigenvalue weighted by Crippen LogP contribution is -2.23. The first-order valence-corrected chi connectivity index (χ1v) is 7.96. The molecular formula is C7H10N4O4S2. The fraction of sp³-hybridized carbons (Fsp3) is 0.429. The van der Waals surface area contributed by atoms with Gasteiger partial charge in [0.25, 0.3) is 0 Å². The Morgan fingerprint density at radius 3 is 2.53 bits per heavy atom. The molecule has 0 bridgehead atoms. The molecule has 1 aromatic heterocycles. The molecule has 1 N–H and O–H groups in total. The van der Waals surface area contributed by atoms with Crippen LogP contribution in [-0.2, 0) is 26.9 Å². The molecule has 1 rings (SSSR count). The minimum absolute atomic E-state index is 0.0181. The number of anilines is 1. The number of nitrogens with zero attached hydrogens (tertiary/aromatic N) is 3. The van der Waals surface area contributed by atoms with Crippen molar-refractivity contribution in [2.45, 2.75) is 0 Å². The highest BCUT2D eigenvalue weighted by atomic mass is 32.3. The number of aromatic nitrogens is 2. The lowest BCUT2D eigenvalue weighted by Gasteiger charge is -2.07. The van der Waals surface area contributed by atoms with Crippen molar-refractivity contribution in [3.05, 3.63) is 11.8 Å². The zero-order valence-corrected chi connectivity index (χ0v) is 10.7. The van der Waals surface area contributed by atoms with Gasteiger partial charge in [0.1, 0.15) is 11.6 Å². The number of nitriles is 1. The summed E-state index contributed by atoms with van der Waals surface area (Å²) < 4.78 is 48.0. The van der Waals surface area contributed by atoms with E-state index in [0.29, 0.717) is 0 Å². The van der Waals surface area contributed by atoms with Crippen LogP contribution in [0.5, 0.6) is 0 Å². The van der Waals surface area contributed by atoms with Gasteiger partial charge in [0.15, 0.2) is 20.7 Å². The van der Waals surface area contributed by atoms with Crippen LogP contribution in [0, 0.1) is 11.3 Å². The van der Waals surface area contributed by atoms with E-state index in [4.69, 9.17) is 5.26 Å². The molecule has 17 heavy (non-hydrogen) atoms. The van der Waals surface area contributed by atoms with Crippen molar-refractivity contribution in [1.82, 2.24) is 9.78 Å². The Hall–Kier alpha value is -1.60. The fourth-order valence-electron chi connectivity index (χ4n) is 1.10. The van der Waals surface area contributed by atoms with Crippen molar-refractivity contribution in [3.63, 3.8) is 0 Å². The largest absolute Gasteiger partial charge is 0.266 e. The molecule has 0 amide bonds. The molecule has 0 aliphatic rings. The highest BCUT2D eigenvalue weighted by Gasteiger charge is 2.21. The number of rotatable bonds is 4. The van der Waals surface area contributed by atoms with Crippen LogP contribution in [0.25, 0.3) is 0 Å². The van der Waals surface area contributed by atoms with Gasteiger partial charge in [-0.1, -0.05) is 0 Å². The van der Waals surface area contributed by atoms with Gasteiger partial charge in [0, 0.05) is 13.3 Å². The lowest BCUT2D eigenvalue weighted by atomic mass is 10.4. The number of hydrogen-bond donors (Lipinski definition) is 1. The molecule has 94 valence electrons. The molecule has 0 fully saturated rings. The molecule has 0 saturated carbocycles. The molecule has 0 saturated heterocycles. The van der Waals surface area contributed by atoms with Crippen molar-refractivity contribution in [2.24, 2.45) is 7.05 Å². The minimum Gasteiger partial charge on any atom is -0.266 e. The third-order valence-corrected chi connectivity index (χ3v) is 5.14. The zero-order valence-electron chi connectivity index (χ0n) is 9.08. The van der Waals surface area contributed by atoms with Crippen LogP contribution in [0.4, 0.5) is 5.82 Å². The predicted molar refractivity (Wildman–Crippen MR) is 60.2 cm³/mol. The van der Waals surface area contributed by atoms with Crippen LogP contribution < -0.4 is 4.72 Å². The van der Waals surface area contributed by atoms with Gasteiger partial charge < -0.3 is 0 Å². The van der Waals surface area contributed by atoms with E-state index >= 15 is 0 Å². The summed E-state index contributed by atoms with van der Waals surface area (Å²) in [6, 6.07) is 1.74. The highest BCUT2D eigenvalue weighted by Crippen LogP contribution is 2.14. The molecule has 0 aliphatic heterocycles. The Balaban J connectivity index is 3.07. The lowest BCUT2D eigenvalue weighted by molar-refractivity contribution is 0.594. The van der Waals surface area contributed by atoms with E-state index in [1.165, 1.54) is 13.2 Å². The molecular weight excluding hydrogens is 268 g/mol. The minimum atomic E-state index is -4.07. The van der Waals surface area contributed by atoms with E-state index in [1.807, 2.05) is 4.72 Å². The number of aryl methyl sites for hydroxylation is 1. The molecule has 1 aromatic rings. The third-order valence-electron chi connectivity index (χ3n) is 1.68. The topological polar surface area (TPSA) is 122 Å². The maximum absolute atomic E-state index is 11.5. The summed E-state index contributed by atoms with van der Waals surface area (Å²) in [5.74, 6) is -0.0591. The van der Waals surface area contributed by atoms with Gasteiger partial charge in [-0.25, -0.2) is 16.8 Å². The van der Waals surface area contributed by atoms with Crippen LogP contribution in [-0.4, -0.2) is 38.0 Å². The third kappa shape index (κ3) is 3.72. The first kappa shape index (κ1) is 13.5. The van der Waals surface area contributed by atoms with Gasteiger partial charge in [-0.3, -0.25) is 9.40 Å². The quantitative estimate of drug-likeness (QED) is 0.756. The summed E-state index contributed by atoms with van der Waals surface area (Å²) in [6.07, 6.45) is 1.99. The Kier molecular flexibility index (Phi) is 3.44. The van der Waals surface area contributed by atoms with Gasteiger partial charge in [0.05, 0.1) is 6.20 Å². The van der Waals surface area contributed by atoms with Crippen molar-refractivity contribution >= 4 is 25.7 Å². The van der Waals surface area contributed by atoms with Gasteiger partial charge >= 0.3 is 0 Å². The smallest absolute Gasteiger partial charge is 0.248 e. The molecule has 0 spiro atoms. The second-order valence-electron chi connectivity index (χ2n) is 3.40. The number of sulfonamides is 1. The zero-order chi connectivity index (χ0) is 13.3. The van der Waals surface area contributed by atoms with E-state index < -0.39 is 24.9 Å². The summed E-state index contributed by atoms with van der Waals surface area (Å²) in [4.78, 5) is 0. The highest BCUT2D eigenvalue weighted by molar-refractivity contribution is 8.08. The van der Waals surface area contributed by atoms with Crippen LogP contribution in [0.2, 0.25) is 0 Å². The monoisotopic (exact) mass is 278 g/mol. The van der Waals surface area contributed by atoms with E-state index in [-0.39, 0.29) is 11.4 Å². The van der Waals surface area contributed by atoms with Crippen molar-refractivity contribution in [1.29, 1.82) is 5.26 Å². The van der Waals surface area contributed by atoms with Crippen LogP contribution in [0.3, 0.4) is 0 Å². The summed E-state index contributed by atoms with van der Waals surface area (Å²) >= 11 is 0. The number of sulfone groups is 1. The second-order valence-corrected chi connectivity index (χ2v) is 7.63. The van der Waals surface area contributed by atoms with Crippen LogP contribution in [0.15, 0.2) is 6.20 Å². The molecule has 10 heteroatoms. The van der Waals surface area contributed by atoms with Gasteiger partial charge in [-0.05, 0) is 0 Å². The molecule has 0 atom stereocenters. The Morgan fingerprint density at radius 1 is 1.47 bits per heavy atom. The molecule has 0 aromatic carbocycles. The molecule has 0 unspecified atom stereocenters. The summed E-state index contributed by atoms with van der Waals surface area (Å²) in [5, 5.41) is 11.3. The van der Waals surface area contributed by atoms with Gasteiger partial charge in [0.2, 0.25) is 10.0 Å². The van der Waals surface area contributed by atoms with Gasteiger partial charge in [-0.15, -0.1) is 0 Å². The Bertz CT molecular complexity index is 665. The predicted octanol–water partition coefficient (Wildman–Crippen LogP) is -0.964. The molecule has 8 nitrogen and oxygen atoms in total. The van der Waals surface area contributed by atoms with Crippen LogP contribution >= 0.6 is 0 Å². The van der Waals surface area contributed by atoms with Crippen LogP contribution in [0.1, 0.15) is 5.56 Å². The van der Waals surface area contributed by atoms with Crippen molar-refractivity contribution in [2.75, 3.05) is 16.1 Å². The summed E-state index contributed by atoms with van der Waals surface area (Å²) in [6.45, 7) is 0. The van der Waals surface area contributed by atoms with E-state index in [2.05, 4.69) is 5.10 Å². The SMILES string of the molecule is Cn1ncc(C#N)c1NS(=O)(=O)CS(C)(=O)=O. The summed E-state index contributed by atoms with van der Waals surface area (Å²) in [7, 11) is -6.32. The first-order valence-electron chi connectivity index (χ1n) is 4.25. The Morgan fingerprint density at radius 2 is 2.06 bits per heavy atom. The van der Waals surface area contributed by atoms with E-state index in [1.54, 1.807) is 6.07 Å². The normalized spacial score (nSPS) is 12.1. The Labute approximate surface area is 98.8 Å². The van der Waals surface area contributed by atoms with Crippen molar-refractivity contribution in [3.8, 4) is 6.07 Å². The maximum Gasteiger partial charge on any atom is 0.248 e. The average Bonchev–Trinajstić information content (AvgIpc) is 2.43. The molecule has 1 heterocycles. The fourth-order valence-corrected chi connectivity index (χ4v) is 4.13. The van der Waals surface area contributed by atoms with E-state index in [9.17, 15) is 16.8 Å². The van der Waals surface area contributed by atoms with E-state index in [0.717, 1.165) is 10.9 Å². The molecule has 0 aliphatic carbocycles. The number of hydrogen-bond acceptors (Lipinski definition) is 6.